The Morgan fingerprint density at radius 1 is 1.17 bits per heavy atom. The quantitative estimate of drug-likeness (QED) is 0.388. The van der Waals surface area contributed by atoms with Crippen LogP contribution in [0.25, 0.3) is 0 Å². The van der Waals surface area contributed by atoms with E-state index in [4.69, 9.17) is 4.74 Å². The van der Waals surface area contributed by atoms with E-state index in [1.807, 2.05) is 31.7 Å². The van der Waals surface area contributed by atoms with Gasteiger partial charge < -0.3 is 19.9 Å². The van der Waals surface area contributed by atoms with E-state index in [1.165, 1.54) is 14.0 Å². The van der Waals surface area contributed by atoms with Crippen LogP contribution in [0.3, 0.4) is 0 Å². The summed E-state index contributed by atoms with van der Waals surface area (Å²) in [6.45, 7) is 8.60. The Labute approximate surface area is 178 Å². The second kappa shape index (κ2) is 12.3. The number of benzene rings is 1. The van der Waals surface area contributed by atoms with Crippen molar-refractivity contribution >= 4 is 17.7 Å². The normalized spacial score (nSPS) is 11.4. The highest BCUT2D eigenvalue weighted by molar-refractivity contribution is 5.77. The standard InChI is InChI=1S/C22H34N2O6/c1-16(25)14-24(11-10-23-13-21(28)30-22(2,3)4)15-18-12-17(6-8-19(18)26)7-9-20(27)29-5/h6,8,12,23,26H,7,9-11,13-15H2,1-5H3. The highest BCUT2D eigenvalue weighted by atomic mass is 16.6. The van der Waals surface area contributed by atoms with Crippen LogP contribution < -0.4 is 5.32 Å². The zero-order valence-corrected chi connectivity index (χ0v) is 18.6. The van der Waals surface area contributed by atoms with Crippen molar-refractivity contribution in [2.45, 2.75) is 52.7 Å². The van der Waals surface area contributed by atoms with Crippen molar-refractivity contribution in [3.8, 4) is 5.75 Å². The van der Waals surface area contributed by atoms with E-state index in [1.54, 1.807) is 12.1 Å². The minimum atomic E-state index is -0.532. The summed E-state index contributed by atoms with van der Waals surface area (Å²) in [4.78, 5) is 36.7. The lowest BCUT2D eigenvalue weighted by Gasteiger charge is -2.23. The molecule has 0 aliphatic heterocycles. The Morgan fingerprint density at radius 3 is 2.47 bits per heavy atom. The van der Waals surface area contributed by atoms with Gasteiger partial charge in [0.1, 0.15) is 17.1 Å². The van der Waals surface area contributed by atoms with Crippen LogP contribution in [0, 0.1) is 0 Å². The lowest BCUT2D eigenvalue weighted by Crippen LogP contribution is -2.38. The lowest BCUT2D eigenvalue weighted by molar-refractivity contribution is -0.153. The molecule has 0 heterocycles. The molecule has 1 rings (SSSR count). The first-order valence-corrected chi connectivity index (χ1v) is 10.0. The Bertz CT molecular complexity index is 727. The van der Waals surface area contributed by atoms with Crippen LogP contribution in [-0.4, -0.2) is 66.6 Å². The Balaban J connectivity index is 2.66. The van der Waals surface area contributed by atoms with Crippen LogP contribution in [0.15, 0.2) is 18.2 Å². The number of hydrogen-bond donors (Lipinski definition) is 2. The summed E-state index contributed by atoms with van der Waals surface area (Å²) in [7, 11) is 1.35. The van der Waals surface area contributed by atoms with E-state index in [2.05, 4.69) is 10.1 Å². The second-order valence-corrected chi connectivity index (χ2v) is 8.22. The minimum absolute atomic E-state index is 0.00322. The summed E-state index contributed by atoms with van der Waals surface area (Å²) in [6.07, 6.45) is 0.760. The number of hydrogen-bond acceptors (Lipinski definition) is 8. The van der Waals surface area contributed by atoms with Gasteiger partial charge in [-0.2, -0.15) is 0 Å². The van der Waals surface area contributed by atoms with E-state index in [0.717, 1.165) is 5.56 Å². The predicted octanol–water partition coefficient (Wildman–Crippen LogP) is 1.82. The number of ether oxygens (including phenoxy) is 2. The number of ketones is 1. The minimum Gasteiger partial charge on any atom is -0.508 e. The molecule has 0 aliphatic rings. The van der Waals surface area contributed by atoms with E-state index in [0.29, 0.717) is 31.6 Å². The highest BCUT2D eigenvalue weighted by Crippen LogP contribution is 2.21. The zero-order chi connectivity index (χ0) is 22.7. The van der Waals surface area contributed by atoms with Crippen molar-refractivity contribution in [3.63, 3.8) is 0 Å². The third-order valence-electron chi connectivity index (χ3n) is 4.12. The molecule has 1 aromatic carbocycles. The molecule has 0 saturated heterocycles. The summed E-state index contributed by atoms with van der Waals surface area (Å²) in [5.74, 6) is -0.494. The number of phenolic OH excluding ortho intramolecular Hbond substituents is 1. The van der Waals surface area contributed by atoms with Crippen LogP contribution in [0.4, 0.5) is 0 Å². The Kier molecular flexibility index (Phi) is 10.5. The van der Waals surface area contributed by atoms with E-state index < -0.39 is 5.60 Å². The first kappa shape index (κ1) is 25.6. The number of aromatic hydroxyl groups is 1. The number of nitrogens with zero attached hydrogens (tertiary/aromatic N) is 1. The lowest BCUT2D eigenvalue weighted by atomic mass is 10.0. The molecule has 1 aromatic rings. The van der Waals surface area contributed by atoms with Gasteiger partial charge in [0.25, 0.3) is 0 Å². The maximum Gasteiger partial charge on any atom is 0.320 e. The average molecular weight is 423 g/mol. The predicted molar refractivity (Wildman–Crippen MR) is 113 cm³/mol. The van der Waals surface area contributed by atoms with Gasteiger partial charge in [-0.1, -0.05) is 12.1 Å². The van der Waals surface area contributed by atoms with Gasteiger partial charge in [0.2, 0.25) is 0 Å². The van der Waals surface area contributed by atoms with E-state index in [-0.39, 0.29) is 43.0 Å². The third kappa shape index (κ3) is 10.9. The largest absolute Gasteiger partial charge is 0.508 e. The summed E-state index contributed by atoms with van der Waals surface area (Å²) in [5.41, 5.74) is 1.04. The molecule has 8 nitrogen and oxygen atoms in total. The molecule has 0 aromatic heterocycles. The number of carbonyl (C=O) groups excluding carboxylic acids is 3. The smallest absolute Gasteiger partial charge is 0.320 e. The summed E-state index contributed by atoms with van der Waals surface area (Å²) in [5, 5.41) is 13.2. The molecule has 30 heavy (non-hydrogen) atoms. The first-order valence-electron chi connectivity index (χ1n) is 10.0. The first-order chi connectivity index (χ1) is 14.0. The monoisotopic (exact) mass is 422 g/mol. The van der Waals surface area contributed by atoms with Crippen molar-refractivity contribution in [2.75, 3.05) is 33.3 Å². The van der Waals surface area contributed by atoms with Crippen molar-refractivity contribution in [1.82, 2.24) is 10.2 Å². The van der Waals surface area contributed by atoms with Gasteiger partial charge in [-0.05, 0) is 45.7 Å². The number of aryl methyl sites for hydroxylation is 1. The molecular weight excluding hydrogens is 388 g/mol. The zero-order valence-electron chi connectivity index (χ0n) is 18.6. The number of phenols is 1. The number of esters is 2. The van der Waals surface area contributed by atoms with Crippen molar-refractivity contribution in [3.05, 3.63) is 29.3 Å². The fourth-order valence-electron chi connectivity index (χ4n) is 2.84. The molecule has 0 bridgehead atoms. The van der Waals surface area contributed by atoms with E-state index in [9.17, 15) is 19.5 Å². The van der Waals surface area contributed by atoms with Crippen LogP contribution in [0.2, 0.25) is 0 Å². The molecule has 0 atom stereocenters. The van der Waals surface area contributed by atoms with Gasteiger partial charge in [0.15, 0.2) is 0 Å². The number of Topliss-reactive ketones (excluding diaryl/α,β-unsaturated/α-hetero) is 1. The Morgan fingerprint density at radius 2 is 1.87 bits per heavy atom. The molecule has 0 spiro atoms. The summed E-state index contributed by atoms with van der Waals surface area (Å²) in [6, 6.07) is 5.19. The van der Waals surface area contributed by atoms with Crippen molar-refractivity contribution in [1.29, 1.82) is 0 Å². The van der Waals surface area contributed by atoms with Crippen molar-refractivity contribution < 1.29 is 29.0 Å². The molecule has 0 fully saturated rings. The molecule has 0 saturated carbocycles. The molecule has 8 heteroatoms. The molecule has 2 N–H and O–H groups in total. The average Bonchev–Trinajstić information content (AvgIpc) is 2.63. The molecule has 168 valence electrons. The maximum absolute atomic E-state index is 11.8. The van der Waals surface area contributed by atoms with E-state index >= 15 is 0 Å². The van der Waals surface area contributed by atoms with Gasteiger partial charge in [0.05, 0.1) is 20.2 Å². The van der Waals surface area contributed by atoms with Gasteiger partial charge in [-0.3, -0.25) is 19.3 Å². The third-order valence-corrected chi connectivity index (χ3v) is 4.12. The number of methoxy groups -OCH3 is 1. The van der Waals surface area contributed by atoms with Gasteiger partial charge in [0, 0.05) is 31.6 Å². The second-order valence-electron chi connectivity index (χ2n) is 8.22. The fraction of sp³-hybridized carbons (Fsp3) is 0.591. The molecule has 0 radical (unpaired) electrons. The topological polar surface area (TPSA) is 105 Å². The maximum atomic E-state index is 11.8. The molecule has 0 aliphatic carbocycles. The van der Waals surface area contributed by atoms with Crippen molar-refractivity contribution in [2.24, 2.45) is 0 Å². The fourth-order valence-corrected chi connectivity index (χ4v) is 2.84. The van der Waals surface area contributed by atoms with Gasteiger partial charge >= 0.3 is 11.9 Å². The van der Waals surface area contributed by atoms with Crippen LogP contribution in [-0.2, 0) is 36.8 Å². The molecule has 0 unspecified atom stereocenters. The number of carbonyl (C=O) groups is 3. The van der Waals surface area contributed by atoms with Crippen LogP contribution in [0.5, 0.6) is 5.75 Å². The summed E-state index contributed by atoms with van der Waals surface area (Å²) >= 11 is 0. The molecule has 0 amide bonds. The van der Waals surface area contributed by atoms with Crippen LogP contribution in [0.1, 0.15) is 45.2 Å². The van der Waals surface area contributed by atoms with Gasteiger partial charge in [-0.15, -0.1) is 0 Å². The summed E-state index contributed by atoms with van der Waals surface area (Å²) < 4.78 is 9.91. The Hall–Kier alpha value is -2.45. The number of nitrogens with one attached hydrogen (secondary N) is 1. The SMILES string of the molecule is COC(=O)CCc1ccc(O)c(CN(CCNCC(=O)OC(C)(C)C)CC(C)=O)c1. The molecular formula is C22H34N2O6. The van der Waals surface area contributed by atoms with Gasteiger partial charge in [-0.25, -0.2) is 0 Å². The number of rotatable bonds is 12. The highest BCUT2D eigenvalue weighted by Gasteiger charge is 2.16. The van der Waals surface area contributed by atoms with Crippen LogP contribution >= 0.6 is 0 Å².